The normalized spacial score (nSPS) is 22.0. The van der Waals surface area contributed by atoms with Crippen molar-refractivity contribution in [2.45, 2.75) is 32.1 Å². The Morgan fingerprint density at radius 2 is 2.00 bits per heavy atom. The smallest absolute Gasteiger partial charge is 0.0636 e. The van der Waals surface area contributed by atoms with Gasteiger partial charge in [0.25, 0.3) is 0 Å². The molecule has 1 aliphatic heterocycles. The Morgan fingerprint density at radius 1 is 1.29 bits per heavy atom. The van der Waals surface area contributed by atoms with Crippen molar-refractivity contribution >= 4 is 11.6 Å². The first-order valence-corrected chi connectivity index (χ1v) is 6.91. The van der Waals surface area contributed by atoms with E-state index >= 15 is 0 Å². The largest absolute Gasteiger partial charge is 0.381 e. The molecular formula is C15H21ClO. The molecule has 1 saturated heterocycles. The molecule has 0 bridgehead atoms. The SMILES string of the molecule is CC(C)Cc1ccc(C(Cl)C2CCOC2)cc1. The first kappa shape index (κ1) is 12.9. The zero-order valence-electron chi connectivity index (χ0n) is 10.7. The Balaban J connectivity index is 2.01. The van der Waals surface area contributed by atoms with Crippen LogP contribution in [0.5, 0.6) is 0 Å². The van der Waals surface area contributed by atoms with Crippen molar-refractivity contribution in [2.24, 2.45) is 11.8 Å². The Bertz CT molecular complexity index is 338. The minimum Gasteiger partial charge on any atom is -0.381 e. The lowest BCUT2D eigenvalue weighted by atomic mass is 9.95. The molecule has 0 spiro atoms. The highest BCUT2D eigenvalue weighted by atomic mass is 35.5. The van der Waals surface area contributed by atoms with Crippen molar-refractivity contribution in [1.82, 2.24) is 0 Å². The maximum Gasteiger partial charge on any atom is 0.0636 e. The Hall–Kier alpha value is -0.530. The molecule has 0 radical (unpaired) electrons. The van der Waals surface area contributed by atoms with Gasteiger partial charge in [-0.1, -0.05) is 38.1 Å². The number of benzene rings is 1. The lowest BCUT2D eigenvalue weighted by molar-refractivity contribution is 0.185. The molecule has 2 unspecified atom stereocenters. The number of rotatable bonds is 4. The minimum absolute atomic E-state index is 0.102. The second kappa shape index (κ2) is 5.88. The molecule has 0 amide bonds. The molecule has 2 heteroatoms. The lowest BCUT2D eigenvalue weighted by Crippen LogP contribution is -2.07. The van der Waals surface area contributed by atoms with Crippen molar-refractivity contribution in [2.75, 3.05) is 13.2 Å². The van der Waals surface area contributed by atoms with Gasteiger partial charge < -0.3 is 4.74 Å². The van der Waals surface area contributed by atoms with Crippen LogP contribution in [-0.2, 0) is 11.2 Å². The minimum atomic E-state index is 0.102. The zero-order chi connectivity index (χ0) is 12.3. The highest BCUT2D eigenvalue weighted by Crippen LogP contribution is 2.34. The molecule has 1 aromatic carbocycles. The van der Waals surface area contributed by atoms with Gasteiger partial charge >= 0.3 is 0 Å². The highest BCUT2D eigenvalue weighted by molar-refractivity contribution is 6.21. The Kier molecular flexibility index (Phi) is 4.47. The molecule has 2 rings (SSSR count). The summed E-state index contributed by atoms with van der Waals surface area (Å²) in [5.74, 6) is 1.18. The summed E-state index contributed by atoms with van der Waals surface area (Å²) >= 11 is 6.49. The third kappa shape index (κ3) is 3.46. The molecule has 0 saturated carbocycles. The summed E-state index contributed by atoms with van der Waals surface area (Å²) in [4.78, 5) is 0. The predicted molar refractivity (Wildman–Crippen MR) is 72.5 cm³/mol. The van der Waals surface area contributed by atoms with Gasteiger partial charge in [0, 0.05) is 12.5 Å². The van der Waals surface area contributed by atoms with E-state index in [0.29, 0.717) is 11.8 Å². The van der Waals surface area contributed by atoms with Gasteiger partial charge in [-0.05, 0) is 29.9 Å². The molecule has 94 valence electrons. The molecule has 0 N–H and O–H groups in total. The molecule has 1 heterocycles. The maximum atomic E-state index is 6.49. The average molecular weight is 253 g/mol. The fraction of sp³-hybridized carbons (Fsp3) is 0.600. The van der Waals surface area contributed by atoms with E-state index < -0.39 is 0 Å². The number of hydrogen-bond acceptors (Lipinski definition) is 1. The average Bonchev–Trinajstić information content (AvgIpc) is 2.82. The topological polar surface area (TPSA) is 9.23 Å². The van der Waals surface area contributed by atoms with E-state index in [1.54, 1.807) is 0 Å². The summed E-state index contributed by atoms with van der Waals surface area (Å²) in [5, 5.41) is 0.102. The summed E-state index contributed by atoms with van der Waals surface area (Å²) in [5.41, 5.74) is 2.63. The van der Waals surface area contributed by atoms with E-state index in [1.165, 1.54) is 11.1 Å². The van der Waals surface area contributed by atoms with Crippen molar-refractivity contribution < 1.29 is 4.74 Å². The first-order valence-electron chi connectivity index (χ1n) is 6.47. The van der Waals surface area contributed by atoms with Crippen LogP contribution in [0.15, 0.2) is 24.3 Å². The third-order valence-corrected chi connectivity index (χ3v) is 3.93. The van der Waals surface area contributed by atoms with Crippen molar-refractivity contribution in [3.8, 4) is 0 Å². The van der Waals surface area contributed by atoms with E-state index in [1.807, 2.05) is 0 Å². The number of hydrogen-bond donors (Lipinski definition) is 0. The van der Waals surface area contributed by atoms with Gasteiger partial charge in [-0.25, -0.2) is 0 Å². The van der Waals surface area contributed by atoms with E-state index in [2.05, 4.69) is 38.1 Å². The van der Waals surface area contributed by atoms with Gasteiger partial charge in [-0.15, -0.1) is 11.6 Å². The maximum absolute atomic E-state index is 6.49. The summed E-state index contributed by atoms with van der Waals surface area (Å²) in [7, 11) is 0. The lowest BCUT2D eigenvalue weighted by Gasteiger charge is -2.16. The van der Waals surface area contributed by atoms with Crippen LogP contribution in [0.2, 0.25) is 0 Å². The monoisotopic (exact) mass is 252 g/mol. The van der Waals surface area contributed by atoms with Crippen LogP contribution in [0, 0.1) is 11.8 Å². The van der Waals surface area contributed by atoms with Crippen molar-refractivity contribution in [1.29, 1.82) is 0 Å². The van der Waals surface area contributed by atoms with Gasteiger partial charge in [0.15, 0.2) is 0 Å². The highest BCUT2D eigenvalue weighted by Gasteiger charge is 2.25. The summed E-state index contributed by atoms with van der Waals surface area (Å²) in [6, 6.07) is 8.77. The van der Waals surface area contributed by atoms with Crippen LogP contribution in [0.3, 0.4) is 0 Å². The van der Waals surface area contributed by atoms with Gasteiger partial charge in [0.05, 0.1) is 12.0 Å². The third-order valence-electron chi connectivity index (χ3n) is 3.32. The first-order chi connectivity index (χ1) is 8.16. The molecule has 1 aliphatic rings. The van der Waals surface area contributed by atoms with Crippen LogP contribution in [0.1, 0.15) is 36.8 Å². The predicted octanol–water partition coefficient (Wildman–Crippen LogP) is 4.20. The molecule has 17 heavy (non-hydrogen) atoms. The second-order valence-corrected chi connectivity index (χ2v) is 5.84. The van der Waals surface area contributed by atoms with Gasteiger partial charge in [-0.3, -0.25) is 0 Å². The van der Waals surface area contributed by atoms with Crippen LogP contribution in [0.25, 0.3) is 0 Å². The van der Waals surface area contributed by atoms with Crippen LogP contribution in [0.4, 0.5) is 0 Å². The fourth-order valence-electron chi connectivity index (χ4n) is 2.36. The number of halogens is 1. The summed E-state index contributed by atoms with van der Waals surface area (Å²) in [6.45, 7) is 6.16. The molecule has 1 aromatic rings. The van der Waals surface area contributed by atoms with Gasteiger partial charge in [0.1, 0.15) is 0 Å². The quantitative estimate of drug-likeness (QED) is 0.730. The van der Waals surface area contributed by atoms with E-state index in [-0.39, 0.29) is 5.38 Å². The van der Waals surface area contributed by atoms with Crippen LogP contribution in [-0.4, -0.2) is 13.2 Å². The molecule has 2 atom stereocenters. The molecule has 1 fully saturated rings. The molecule has 1 nitrogen and oxygen atoms in total. The van der Waals surface area contributed by atoms with Crippen LogP contribution >= 0.6 is 11.6 Å². The second-order valence-electron chi connectivity index (χ2n) is 5.36. The fourth-order valence-corrected chi connectivity index (χ4v) is 2.71. The Morgan fingerprint density at radius 3 is 2.53 bits per heavy atom. The van der Waals surface area contributed by atoms with Gasteiger partial charge in [0.2, 0.25) is 0 Å². The summed E-state index contributed by atoms with van der Waals surface area (Å²) < 4.78 is 5.39. The number of alkyl halides is 1. The molecule has 0 aliphatic carbocycles. The summed E-state index contributed by atoms with van der Waals surface area (Å²) in [6.07, 6.45) is 2.22. The molecular weight excluding hydrogens is 232 g/mol. The Labute approximate surface area is 109 Å². The van der Waals surface area contributed by atoms with E-state index in [9.17, 15) is 0 Å². The van der Waals surface area contributed by atoms with E-state index in [0.717, 1.165) is 26.1 Å². The van der Waals surface area contributed by atoms with Crippen LogP contribution < -0.4 is 0 Å². The number of ether oxygens (including phenoxy) is 1. The van der Waals surface area contributed by atoms with E-state index in [4.69, 9.17) is 16.3 Å². The van der Waals surface area contributed by atoms with Crippen molar-refractivity contribution in [3.05, 3.63) is 35.4 Å². The van der Waals surface area contributed by atoms with Gasteiger partial charge in [-0.2, -0.15) is 0 Å². The standard InChI is InChI=1S/C15H21ClO/c1-11(2)9-12-3-5-13(6-4-12)15(16)14-7-8-17-10-14/h3-6,11,14-15H,7-10H2,1-2H3. The van der Waals surface area contributed by atoms with Crippen molar-refractivity contribution in [3.63, 3.8) is 0 Å². The zero-order valence-corrected chi connectivity index (χ0v) is 11.4. The molecule has 0 aromatic heterocycles.